The Labute approximate surface area is 131 Å². The molecule has 5 nitrogen and oxygen atoms in total. The molecule has 1 N–H and O–H groups in total. The summed E-state index contributed by atoms with van der Waals surface area (Å²) < 4.78 is 28.1. The van der Waals surface area contributed by atoms with E-state index in [1.54, 1.807) is 19.9 Å². The maximum Gasteiger partial charge on any atom is 0.267 e. The number of halogens is 2. The molecule has 0 radical (unpaired) electrons. The highest BCUT2D eigenvalue weighted by molar-refractivity contribution is 5.76. The van der Waals surface area contributed by atoms with E-state index in [0.717, 1.165) is 22.9 Å². The van der Waals surface area contributed by atoms with Crippen molar-refractivity contribution >= 4 is 5.91 Å². The van der Waals surface area contributed by atoms with Crippen molar-refractivity contribution in [1.82, 2.24) is 15.1 Å². The Balaban J connectivity index is 2.15. The van der Waals surface area contributed by atoms with Crippen molar-refractivity contribution in [3.05, 3.63) is 63.6 Å². The summed E-state index contributed by atoms with van der Waals surface area (Å²) in [6.45, 7) is 3.16. The molecule has 122 valence electrons. The van der Waals surface area contributed by atoms with Crippen LogP contribution in [0.3, 0.4) is 0 Å². The number of carbonyl (C=O) groups excluding carboxylic acids is 1. The number of nitrogens with one attached hydrogen (secondary N) is 1. The minimum absolute atomic E-state index is 0.0744. The highest BCUT2D eigenvalue weighted by atomic mass is 19.1. The molecule has 1 heterocycles. The average molecular weight is 321 g/mol. The Morgan fingerprint density at radius 1 is 1.30 bits per heavy atom. The molecule has 0 bridgehead atoms. The van der Waals surface area contributed by atoms with Crippen molar-refractivity contribution in [3.63, 3.8) is 0 Å². The van der Waals surface area contributed by atoms with Crippen LogP contribution in [0.15, 0.2) is 35.1 Å². The monoisotopic (exact) mass is 321 g/mol. The van der Waals surface area contributed by atoms with Gasteiger partial charge in [-0.15, -0.1) is 0 Å². The topological polar surface area (TPSA) is 64.0 Å². The largest absolute Gasteiger partial charge is 0.348 e. The third kappa shape index (κ3) is 4.21. The smallest absolute Gasteiger partial charge is 0.267 e. The molecule has 0 fully saturated rings. The average Bonchev–Trinajstić information content (AvgIpc) is 2.51. The Hall–Kier alpha value is -2.57. The molecule has 1 atom stereocenters. The van der Waals surface area contributed by atoms with Gasteiger partial charge in [-0.1, -0.05) is 6.92 Å². The van der Waals surface area contributed by atoms with E-state index in [1.165, 1.54) is 6.07 Å². The van der Waals surface area contributed by atoms with Crippen molar-refractivity contribution in [2.75, 3.05) is 0 Å². The van der Waals surface area contributed by atoms with E-state index in [0.29, 0.717) is 12.1 Å². The van der Waals surface area contributed by atoms with Crippen LogP contribution in [0.2, 0.25) is 0 Å². The standard InChI is InChI=1S/C16H17F2N3O2/c1-3-14(12-8-11(17)5-6-13(12)18)19-15(22)9-21-16(23)7-4-10(2)20-21/h4-8,14H,3,9H2,1-2H3,(H,19,22)/t14-/m1/s1. The van der Waals surface area contributed by atoms with Crippen molar-refractivity contribution in [2.45, 2.75) is 32.9 Å². The Morgan fingerprint density at radius 3 is 2.74 bits per heavy atom. The number of rotatable bonds is 5. The van der Waals surface area contributed by atoms with E-state index in [4.69, 9.17) is 0 Å². The number of hydrogen-bond donors (Lipinski definition) is 1. The van der Waals surface area contributed by atoms with Crippen molar-refractivity contribution in [1.29, 1.82) is 0 Å². The fourth-order valence-corrected chi connectivity index (χ4v) is 2.22. The van der Waals surface area contributed by atoms with Gasteiger partial charge in [0.1, 0.15) is 18.2 Å². The lowest BCUT2D eigenvalue weighted by atomic mass is 10.0. The Bertz CT molecular complexity index is 774. The maximum absolute atomic E-state index is 13.8. The number of carbonyl (C=O) groups is 1. The number of benzene rings is 1. The first-order chi connectivity index (χ1) is 10.9. The fraction of sp³-hybridized carbons (Fsp3) is 0.312. The lowest BCUT2D eigenvalue weighted by Gasteiger charge is -2.18. The number of hydrogen-bond acceptors (Lipinski definition) is 3. The molecule has 2 rings (SSSR count). The molecule has 1 aromatic carbocycles. The summed E-state index contributed by atoms with van der Waals surface area (Å²) in [4.78, 5) is 23.7. The molecular weight excluding hydrogens is 304 g/mol. The second kappa shape index (κ2) is 7.13. The fourth-order valence-electron chi connectivity index (χ4n) is 2.22. The summed E-state index contributed by atoms with van der Waals surface area (Å²) in [7, 11) is 0. The van der Waals surface area contributed by atoms with E-state index in [-0.39, 0.29) is 12.1 Å². The van der Waals surface area contributed by atoms with E-state index < -0.39 is 29.1 Å². The quantitative estimate of drug-likeness (QED) is 0.917. The van der Waals surface area contributed by atoms with Gasteiger partial charge in [0, 0.05) is 11.6 Å². The summed E-state index contributed by atoms with van der Waals surface area (Å²) in [5, 5.41) is 6.56. The number of nitrogens with zero attached hydrogens (tertiary/aromatic N) is 2. The summed E-state index contributed by atoms with van der Waals surface area (Å²) in [6, 6.07) is 5.28. The summed E-state index contributed by atoms with van der Waals surface area (Å²) in [5.41, 5.74) is 0.266. The van der Waals surface area contributed by atoms with Crippen LogP contribution in [0, 0.1) is 18.6 Å². The van der Waals surface area contributed by atoms with Gasteiger partial charge < -0.3 is 5.32 Å². The molecule has 7 heteroatoms. The molecule has 0 aliphatic carbocycles. The van der Waals surface area contributed by atoms with Crippen molar-refractivity contribution in [2.24, 2.45) is 0 Å². The lowest BCUT2D eigenvalue weighted by Crippen LogP contribution is -2.35. The minimum atomic E-state index is -0.682. The summed E-state index contributed by atoms with van der Waals surface area (Å²) in [6.07, 6.45) is 0.377. The number of aryl methyl sites for hydroxylation is 1. The van der Waals surface area contributed by atoms with Crippen LogP contribution in [0.5, 0.6) is 0 Å². The van der Waals surface area contributed by atoms with Crippen LogP contribution in [0.25, 0.3) is 0 Å². The molecule has 2 aromatic rings. The Morgan fingerprint density at radius 2 is 2.04 bits per heavy atom. The first-order valence-electron chi connectivity index (χ1n) is 7.19. The van der Waals surface area contributed by atoms with Gasteiger partial charge in [-0.05, 0) is 37.6 Å². The zero-order valence-corrected chi connectivity index (χ0v) is 12.8. The Kier molecular flexibility index (Phi) is 5.20. The first-order valence-corrected chi connectivity index (χ1v) is 7.19. The molecule has 0 saturated heterocycles. The molecular formula is C16H17F2N3O2. The van der Waals surface area contributed by atoms with Crippen LogP contribution < -0.4 is 10.9 Å². The molecule has 23 heavy (non-hydrogen) atoms. The van der Waals surface area contributed by atoms with Crippen LogP contribution in [0.1, 0.15) is 30.6 Å². The van der Waals surface area contributed by atoms with E-state index in [2.05, 4.69) is 10.4 Å². The van der Waals surface area contributed by atoms with Crippen molar-refractivity contribution < 1.29 is 13.6 Å². The van der Waals surface area contributed by atoms with Gasteiger partial charge in [0.2, 0.25) is 5.91 Å². The number of amides is 1. The SMILES string of the molecule is CC[C@@H](NC(=O)Cn1nc(C)ccc1=O)c1cc(F)ccc1F. The van der Waals surface area contributed by atoms with Crippen LogP contribution in [-0.4, -0.2) is 15.7 Å². The van der Waals surface area contributed by atoms with Crippen molar-refractivity contribution in [3.8, 4) is 0 Å². The third-order valence-corrected chi connectivity index (χ3v) is 3.37. The van der Waals surface area contributed by atoms with Crippen LogP contribution in [0.4, 0.5) is 8.78 Å². The second-order valence-corrected chi connectivity index (χ2v) is 5.16. The number of aromatic nitrogens is 2. The molecule has 1 amide bonds. The molecule has 0 saturated carbocycles. The second-order valence-electron chi connectivity index (χ2n) is 5.16. The molecule has 1 aromatic heterocycles. The zero-order chi connectivity index (χ0) is 17.0. The van der Waals surface area contributed by atoms with E-state index >= 15 is 0 Å². The summed E-state index contributed by atoms with van der Waals surface area (Å²) >= 11 is 0. The van der Waals surface area contributed by atoms with Gasteiger partial charge in [0.05, 0.1) is 11.7 Å². The van der Waals surface area contributed by atoms with Crippen LogP contribution in [-0.2, 0) is 11.3 Å². The van der Waals surface area contributed by atoms with Gasteiger partial charge in [0.15, 0.2) is 0 Å². The van der Waals surface area contributed by atoms with Gasteiger partial charge in [-0.3, -0.25) is 9.59 Å². The molecule has 0 aliphatic rings. The molecule has 0 aliphatic heterocycles. The predicted molar refractivity (Wildman–Crippen MR) is 80.8 cm³/mol. The van der Waals surface area contributed by atoms with Gasteiger partial charge in [-0.2, -0.15) is 5.10 Å². The molecule has 0 unspecified atom stereocenters. The normalized spacial score (nSPS) is 12.0. The predicted octanol–water partition coefficient (Wildman–Crippen LogP) is 2.10. The highest BCUT2D eigenvalue weighted by Gasteiger charge is 2.18. The summed E-state index contributed by atoms with van der Waals surface area (Å²) in [5.74, 6) is -1.67. The van der Waals surface area contributed by atoms with Gasteiger partial charge in [-0.25, -0.2) is 13.5 Å². The van der Waals surface area contributed by atoms with Gasteiger partial charge >= 0.3 is 0 Å². The highest BCUT2D eigenvalue weighted by Crippen LogP contribution is 2.21. The zero-order valence-electron chi connectivity index (χ0n) is 12.8. The van der Waals surface area contributed by atoms with E-state index in [1.807, 2.05) is 0 Å². The van der Waals surface area contributed by atoms with Crippen LogP contribution >= 0.6 is 0 Å². The van der Waals surface area contributed by atoms with E-state index in [9.17, 15) is 18.4 Å². The maximum atomic E-state index is 13.8. The van der Waals surface area contributed by atoms with Gasteiger partial charge in [0.25, 0.3) is 5.56 Å². The third-order valence-electron chi connectivity index (χ3n) is 3.37. The minimum Gasteiger partial charge on any atom is -0.348 e. The molecule has 0 spiro atoms. The first kappa shape index (κ1) is 16.8. The lowest BCUT2D eigenvalue weighted by molar-refractivity contribution is -0.122.